The van der Waals surface area contributed by atoms with E-state index in [-0.39, 0.29) is 5.97 Å². The van der Waals surface area contributed by atoms with Crippen molar-refractivity contribution in [3.8, 4) is 0 Å². The average molecular weight is 332 g/mol. The highest BCUT2D eigenvalue weighted by molar-refractivity contribution is 5.90. The Bertz CT molecular complexity index is 955. The van der Waals surface area contributed by atoms with Crippen LogP contribution in [-0.4, -0.2) is 24.6 Å². The molecule has 1 aliphatic heterocycles. The van der Waals surface area contributed by atoms with Crippen molar-refractivity contribution < 1.29 is 9.53 Å². The molecule has 2 aromatic carbocycles. The van der Waals surface area contributed by atoms with Crippen LogP contribution in [0.1, 0.15) is 21.5 Å². The highest BCUT2D eigenvalue weighted by Crippen LogP contribution is 2.28. The SMILES string of the molecule is COC(=O)c1ccc2c(c1)CC=CN2CCc1c[nH]c2ccccc12. The van der Waals surface area contributed by atoms with Crippen LogP contribution in [0.5, 0.6) is 0 Å². The smallest absolute Gasteiger partial charge is 0.337 e. The van der Waals surface area contributed by atoms with Crippen molar-refractivity contribution in [3.05, 3.63) is 77.6 Å². The zero-order chi connectivity index (χ0) is 17.2. The van der Waals surface area contributed by atoms with Crippen LogP contribution < -0.4 is 4.90 Å². The number of hydrogen-bond acceptors (Lipinski definition) is 3. The Labute approximate surface area is 146 Å². The number of fused-ring (bicyclic) bond motifs is 2. The van der Waals surface area contributed by atoms with Gasteiger partial charge < -0.3 is 14.6 Å². The minimum absolute atomic E-state index is 0.289. The van der Waals surface area contributed by atoms with Gasteiger partial charge in [-0.05, 0) is 48.2 Å². The molecule has 0 bridgehead atoms. The first-order chi connectivity index (χ1) is 12.3. The van der Waals surface area contributed by atoms with Crippen LogP contribution in [0, 0.1) is 0 Å². The Kier molecular flexibility index (Phi) is 4.02. The summed E-state index contributed by atoms with van der Waals surface area (Å²) in [6, 6.07) is 14.2. The number of carbonyl (C=O) groups is 1. The zero-order valence-corrected chi connectivity index (χ0v) is 14.2. The van der Waals surface area contributed by atoms with Crippen LogP contribution in [0.4, 0.5) is 5.69 Å². The summed E-state index contributed by atoms with van der Waals surface area (Å²) in [5.74, 6) is -0.289. The summed E-state index contributed by atoms with van der Waals surface area (Å²) >= 11 is 0. The van der Waals surface area contributed by atoms with Crippen LogP contribution in [0.2, 0.25) is 0 Å². The van der Waals surface area contributed by atoms with Gasteiger partial charge in [-0.25, -0.2) is 4.79 Å². The maximum atomic E-state index is 11.7. The van der Waals surface area contributed by atoms with Gasteiger partial charge in [0.15, 0.2) is 0 Å². The Morgan fingerprint density at radius 1 is 1.24 bits per heavy atom. The standard InChI is InChI=1S/C21H20N2O2/c1-25-21(24)16-8-9-20-15(13-16)5-4-11-23(20)12-10-17-14-22-19-7-3-2-6-18(17)19/h2-4,6-9,11,13-14,22H,5,10,12H2,1H3. The van der Waals surface area contributed by atoms with Crippen molar-refractivity contribution in [3.63, 3.8) is 0 Å². The number of methoxy groups -OCH3 is 1. The Hall–Kier alpha value is -3.01. The van der Waals surface area contributed by atoms with Gasteiger partial charge in [0.1, 0.15) is 0 Å². The third-order valence-electron chi connectivity index (χ3n) is 4.73. The van der Waals surface area contributed by atoms with Gasteiger partial charge in [0.2, 0.25) is 0 Å². The molecule has 0 unspecified atom stereocenters. The molecule has 0 saturated heterocycles. The molecule has 126 valence electrons. The third-order valence-corrected chi connectivity index (χ3v) is 4.73. The second kappa shape index (κ2) is 6.48. The van der Waals surface area contributed by atoms with Crippen LogP contribution in [-0.2, 0) is 17.6 Å². The van der Waals surface area contributed by atoms with E-state index in [4.69, 9.17) is 4.74 Å². The van der Waals surface area contributed by atoms with Gasteiger partial charge in [-0.3, -0.25) is 0 Å². The van der Waals surface area contributed by atoms with E-state index in [0.29, 0.717) is 5.56 Å². The van der Waals surface area contributed by atoms with E-state index in [1.54, 1.807) is 0 Å². The van der Waals surface area contributed by atoms with Gasteiger partial charge in [-0.2, -0.15) is 0 Å². The van der Waals surface area contributed by atoms with Crippen molar-refractivity contribution in [2.45, 2.75) is 12.8 Å². The number of carbonyl (C=O) groups excluding carboxylic acids is 1. The number of rotatable bonds is 4. The predicted octanol–water partition coefficient (Wildman–Crippen LogP) is 4.07. The number of H-pyrrole nitrogens is 1. The van der Waals surface area contributed by atoms with Gasteiger partial charge >= 0.3 is 5.97 Å². The van der Waals surface area contributed by atoms with Gasteiger partial charge in [0, 0.05) is 35.5 Å². The van der Waals surface area contributed by atoms with Crippen LogP contribution >= 0.6 is 0 Å². The van der Waals surface area contributed by atoms with Crippen molar-refractivity contribution in [2.75, 3.05) is 18.6 Å². The second-order valence-electron chi connectivity index (χ2n) is 6.23. The number of aromatic amines is 1. The summed E-state index contributed by atoms with van der Waals surface area (Å²) in [5.41, 5.74) is 5.42. The summed E-state index contributed by atoms with van der Waals surface area (Å²) in [6.45, 7) is 0.892. The maximum Gasteiger partial charge on any atom is 0.337 e. The first-order valence-corrected chi connectivity index (χ1v) is 8.46. The fourth-order valence-electron chi connectivity index (χ4n) is 3.44. The fourth-order valence-corrected chi connectivity index (χ4v) is 3.44. The lowest BCUT2D eigenvalue weighted by atomic mass is 10.0. The number of allylic oxidation sites excluding steroid dienone is 1. The average Bonchev–Trinajstić information content (AvgIpc) is 3.08. The molecular formula is C21H20N2O2. The minimum Gasteiger partial charge on any atom is -0.465 e. The molecule has 0 spiro atoms. The Morgan fingerprint density at radius 3 is 3.00 bits per heavy atom. The molecule has 4 nitrogen and oxygen atoms in total. The molecule has 4 heteroatoms. The topological polar surface area (TPSA) is 45.3 Å². The van der Waals surface area contributed by atoms with Gasteiger partial charge in [-0.15, -0.1) is 0 Å². The Morgan fingerprint density at radius 2 is 2.12 bits per heavy atom. The normalized spacial score (nSPS) is 13.1. The lowest BCUT2D eigenvalue weighted by molar-refractivity contribution is 0.0600. The summed E-state index contributed by atoms with van der Waals surface area (Å²) in [5, 5.41) is 1.28. The predicted molar refractivity (Wildman–Crippen MR) is 100.0 cm³/mol. The number of nitrogens with one attached hydrogen (secondary N) is 1. The van der Waals surface area contributed by atoms with E-state index in [9.17, 15) is 4.79 Å². The summed E-state index contributed by atoms with van der Waals surface area (Å²) in [6.07, 6.45) is 8.16. The molecule has 1 N–H and O–H groups in total. The van der Waals surface area contributed by atoms with Crippen molar-refractivity contribution in [1.29, 1.82) is 0 Å². The summed E-state index contributed by atoms with van der Waals surface area (Å²) in [7, 11) is 1.41. The largest absolute Gasteiger partial charge is 0.465 e. The number of anilines is 1. The highest BCUT2D eigenvalue weighted by Gasteiger charge is 2.16. The molecule has 0 atom stereocenters. The van der Waals surface area contributed by atoms with E-state index in [2.05, 4.69) is 46.6 Å². The van der Waals surface area contributed by atoms with E-state index >= 15 is 0 Å². The Balaban J connectivity index is 1.55. The quantitative estimate of drug-likeness (QED) is 0.733. The van der Waals surface area contributed by atoms with Gasteiger partial charge in [0.25, 0.3) is 0 Å². The molecule has 0 radical (unpaired) electrons. The first kappa shape index (κ1) is 15.5. The lowest BCUT2D eigenvalue weighted by Crippen LogP contribution is -2.23. The number of ether oxygens (including phenoxy) is 1. The van der Waals surface area contributed by atoms with Gasteiger partial charge in [-0.1, -0.05) is 24.3 Å². The summed E-state index contributed by atoms with van der Waals surface area (Å²) < 4.78 is 4.82. The molecule has 0 aliphatic carbocycles. The summed E-state index contributed by atoms with van der Waals surface area (Å²) in [4.78, 5) is 17.3. The molecule has 1 aromatic heterocycles. The number of nitrogens with zero attached hydrogens (tertiary/aromatic N) is 1. The van der Waals surface area contributed by atoms with Crippen LogP contribution in [0.3, 0.4) is 0 Å². The van der Waals surface area contributed by atoms with Crippen molar-refractivity contribution in [1.82, 2.24) is 4.98 Å². The van der Waals surface area contributed by atoms with E-state index in [1.165, 1.54) is 23.6 Å². The first-order valence-electron chi connectivity index (χ1n) is 8.46. The van der Waals surface area contributed by atoms with E-state index < -0.39 is 0 Å². The number of hydrogen-bond donors (Lipinski definition) is 1. The molecule has 25 heavy (non-hydrogen) atoms. The molecule has 0 fully saturated rings. The van der Waals surface area contributed by atoms with Crippen LogP contribution in [0.25, 0.3) is 10.9 Å². The zero-order valence-electron chi connectivity index (χ0n) is 14.2. The monoisotopic (exact) mass is 332 g/mol. The van der Waals surface area contributed by atoms with Crippen molar-refractivity contribution >= 4 is 22.6 Å². The second-order valence-corrected chi connectivity index (χ2v) is 6.23. The number of para-hydroxylation sites is 1. The molecule has 4 rings (SSSR count). The number of benzene rings is 2. The molecule has 0 amide bonds. The van der Waals surface area contributed by atoms with Crippen molar-refractivity contribution in [2.24, 2.45) is 0 Å². The van der Waals surface area contributed by atoms with E-state index in [0.717, 1.165) is 30.6 Å². The molecule has 2 heterocycles. The molecule has 1 aliphatic rings. The van der Waals surface area contributed by atoms with Crippen LogP contribution in [0.15, 0.2) is 60.9 Å². The van der Waals surface area contributed by atoms with E-state index in [1.807, 2.05) is 24.3 Å². The lowest BCUT2D eigenvalue weighted by Gasteiger charge is -2.26. The molecular weight excluding hydrogens is 312 g/mol. The highest BCUT2D eigenvalue weighted by atomic mass is 16.5. The molecule has 3 aromatic rings. The van der Waals surface area contributed by atoms with Gasteiger partial charge in [0.05, 0.1) is 12.7 Å². The maximum absolute atomic E-state index is 11.7. The number of esters is 1. The number of aromatic nitrogens is 1. The fraction of sp³-hybridized carbons (Fsp3) is 0.190. The molecule has 0 saturated carbocycles. The third kappa shape index (κ3) is 2.91. The minimum atomic E-state index is -0.289.